The van der Waals surface area contributed by atoms with Gasteiger partial charge in [-0.25, -0.2) is 0 Å². The molecule has 0 aliphatic carbocycles. The molecule has 0 atom stereocenters. The van der Waals surface area contributed by atoms with E-state index in [9.17, 15) is 4.79 Å². The van der Waals surface area contributed by atoms with Crippen molar-refractivity contribution in [2.75, 3.05) is 25.4 Å². The second-order valence-electron chi connectivity index (χ2n) is 4.76. The number of nitrogens with two attached hydrogens (primary N) is 1. The summed E-state index contributed by atoms with van der Waals surface area (Å²) in [5.41, 5.74) is 8.49. The molecule has 2 rings (SSSR count). The number of rotatable bonds is 4. The van der Waals surface area contributed by atoms with Crippen LogP contribution in [0.2, 0.25) is 0 Å². The summed E-state index contributed by atoms with van der Waals surface area (Å²) in [5, 5.41) is 2.78. The molecule has 0 radical (unpaired) electrons. The minimum Gasteiger partial charge on any atom is -0.398 e. The molecule has 4 heteroatoms. The fourth-order valence-electron chi connectivity index (χ4n) is 2.32. The Hall–Kier alpha value is -1.55. The van der Waals surface area contributed by atoms with Gasteiger partial charge in [0.1, 0.15) is 0 Å². The van der Waals surface area contributed by atoms with Gasteiger partial charge in [-0.15, -0.1) is 0 Å². The number of hydrogen-bond donors (Lipinski definition) is 2. The van der Waals surface area contributed by atoms with E-state index < -0.39 is 0 Å². The predicted octanol–water partition coefficient (Wildman–Crippen LogP) is 1.61. The standard InChI is InChI=1S/C14H21N3O/c1-2-16-14(18)11-5-6-12(13(15)9-11)10-17-7-3-4-8-17/h5-6,9H,2-4,7-8,10,15H2,1H3,(H,16,18). The van der Waals surface area contributed by atoms with Gasteiger partial charge in [0, 0.05) is 24.3 Å². The number of anilines is 1. The van der Waals surface area contributed by atoms with Crippen LogP contribution in [0, 0.1) is 0 Å². The van der Waals surface area contributed by atoms with Crippen LogP contribution >= 0.6 is 0 Å². The highest BCUT2D eigenvalue weighted by atomic mass is 16.1. The molecule has 0 saturated carbocycles. The molecule has 0 spiro atoms. The summed E-state index contributed by atoms with van der Waals surface area (Å²) in [6.45, 7) is 5.73. The molecule has 0 aromatic heterocycles. The zero-order chi connectivity index (χ0) is 13.0. The number of nitrogens with one attached hydrogen (secondary N) is 1. The van der Waals surface area contributed by atoms with E-state index in [2.05, 4.69) is 10.2 Å². The van der Waals surface area contributed by atoms with E-state index in [1.165, 1.54) is 12.8 Å². The average molecular weight is 247 g/mol. The highest BCUT2D eigenvalue weighted by Crippen LogP contribution is 2.19. The van der Waals surface area contributed by atoms with Crippen molar-refractivity contribution in [1.82, 2.24) is 10.2 Å². The molecule has 1 heterocycles. The molecule has 18 heavy (non-hydrogen) atoms. The third-order valence-corrected chi connectivity index (χ3v) is 3.34. The molecule has 0 unspecified atom stereocenters. The second kappa shape index (κ2) is 5.87. The molecule has 1 aliphatic rings. The molecule has 4 nitrogen and oxygen atoms in total. The van der Waals surface area contributed by atoms with Gasteiger partial charge in [0.25, 0.3) is 5.91 Å². The molecule has 3 N–H and O–H groups in total. The van der Waals surface area contributed by atoms with Crippen LogP contribution in [0.3, 0.4) is 0 Å². The molecule has 0 bridgehead atoms. The van der Waals surface area contributed by atoms with Crippen molar-refractivity contribution in [2.24, 2.45) is 0 Å². The lowest BCUT2D eigenvalue weighted by molar-refractivity contribution is 0.0956. The normalized spacial score (nSPS) is 15.8. The number of benzene rings is 1. The van der Waals surface area contributed by atoms with Gasteiger partial charge in [0.15, 0.2) is 0 Å². The highest BCUT2D eigenvalue weighted by molar-refractivity contribution is 5.95. The van der Waals surface area contributed by atoms with Crippen molar-refractivity contribution in [3.8, 4) is 0 Å². The van der Waals surface area contributed by atoms with Crippen molar-refractivity contribution in [1.29, 1.82) is 0 Å². The Bertz CT molecular complexity index is 425. The first-order valence-electron chi connectivity index (χ1n) is 6.59. The van der Waals surface area contributed by atoms with Crippen molar-refractivity contribution in [3.05, 3.63) is 29.3 Å². The van der Waals surface area contributed by atoms with E-state index in [1.54, 1.807) is 6.07 Å². The molecular formula is C14H21N3O. The highest BCUT2D eigenvalue weighted by Gasteiger charge is 2.14. The molecule has 1 aromatic carbocycles. The van der Waals surface area contributed by atoms with Gasteiger partial charge in [-0.2, -0.15) is 0 Å². The Labute approximate surface area is 108 Å². The number of hydrogen-bond acceptors (Lipinski definition) is 3. The summed E-state index contributed by atoms with van der Waals surface area (Å²) in [6.07, 6.45) is 2.55. The Morgan fingerprint density at radius 2 is 2.11 bits per heavy atom. The summed E-state index contributed by atoms with van der Waals surface area (Å²) in [7, 11) is 0. The first kappa shape index (κ1) is 12.9. The van der Waals surface area contributed by atoms with Crippen LogP contribution in [0.25, 0.3) is 0 Å². The Morgan fingerprint density at radius 1 is 1.39 bits per heavy atom. The number of nitrogens with zero attached hydrogens (tertiary/aromatic N) is 1. The van der Waals surface area contributed by atoms with E-state index in [1.807, 2.05) is 19.1 Å². The zero-order valence-electron chi connectivity index (χ0n) is 10.9. The predicted molar refractivity (Wildman–Crippen MR) is 73.4 cm³/mol. The molecule has 98 valence electrons. The third-order valence-electron chi connectivity index (χ3n) is 3.34. The number of carbonyl (C=O) groups is 1. The molecule has 1 fully saturated rings. The minimum absolute atomic E-state index is 0.0584. The minimum atomic E-state index is -0.0584. The lowest BCUT2D eigenvalue weighted by Crippen LogP contribution is -2.23. The topological polar surface area (TPSA) is 58.4 Å². The largest absolute Gasteiger partial charge is 0.398 e. The van der Waals surface area contributed by atoms with Crippen molar-refractivity contribution < 1.29 is 4.79 Å². The maximum atomic E-state index is 11.7. The maximum absolute atomic E-state index is 11.7. The Morgan fingerprint density at radius 3 is 2.72 bits per heavy atom. The maximum Gasteiger partial charge on any atom is 0.251 e. The number of amides is 1. The summed E-state index contributed by atoms with van der Waals surface area (Å²) >= 11 is 0. The van der Waals surface area contributed by atoms with E-state index in [0.717, 1.165) is 25.2 Å². The fourth-order valence-corrected chi connectivity index (χ4v) is 2.32. The van der Waals surface area contributed by atoms with Crippen LogP contribution in [0.1, 0.15) is 35.7 Å². The van der Waals surface area contributed by atoms with Gasteiger partial charge < -0.3 is 11.1 Å². The van der Waals surface area contributed by atoms with Gasteiger partial charge in [-0.1, -0.05) is 6.07 Å². The van der Waals surface area contributed by atoms with Crippen molar-refractivity contribution >= 4 is 11.6 Å². The molecule has 1 amide bonds. The number of nitrogen functional groups attached to an aromatic ring is 1. The van der Waals surface area contributed by atoms with Crippen LogP contribution in [-0.2, 0) is 6.54 Å². The molecule has 1 aromatic rings. The third kappa shape index (κ3) is 3.01. The van der Waals surface area contributed by atoms with Crippen molar-refractivity contribution in [2.45, 2.75) is 26.3 Å². The smallest absolute Gasteiger partial charge is 0.251 e. The fraction of sp³-hybridized carbons (Fsp3) is 0.500. The van der Waals surface area contributed by atoms with Gasteiger partial charge in [0.2, 0.25) is 0 Å². The van der Waals surface area contributed by atoms with E-state index >= 15 is 0 Å². The van der Waals surface area contributed by atoms with Gasteiger partial charge in [-0.3, -0.25) is 9.69 Å². The summed E-state index contributed by atoms with van der Waals surface area (Å²) in [5.74, 6) is -0.0584. The summed E-state index contributed by atoms with van der Waals surface area (Å²) in [6, 6.07) is 5.60. The van der Waals surface area contributed by atoms with Crippen LogP contribution < -0.4 is 11.1 Å². The molecule has 1 aliphatic heterocycles. The molecular weight excluding hydrogens is 226 g/mol. The number of likely N-dealkylation sites (tertiary alicyclic amines) is 1. The lowest BCUT2D eigenvalue weighted by Gasteiger charge is -2.16. The van der Waals surface area contributed by atoms with E-state index in [0.29, 0.717) is 17.8 Å². The van der Waals surface area contributed by atoms with Gasteiger partial charge in [0.05, 0.1) is 0 Å². The van der Waals surface area contributed by atoms with Crippen LogP contribution in [0.15, 0.2) is 18.2 Å². The van der Waals surface area contributed by atoms with Crippen LogP contribution in [0.4, 0.5) is 5.69 Å². The van der Waals surface area contributed by atoms with Gasteiger partial charge >= 0.3 is 0 Å². The quantitative estimate of drug-likeness (QED) is 0.795. The lowest BCUT2D eigenvalue weighted by atomic mass is 10.1. The van der Waals surface area contributed by atoms with Gasteiger partial charge in [-0.05, 0) is 50.6 Å². The number of carbonyl (C=O) groups excluding carboxylic acids is 1. The van der Waals surface area contributed by atoms with E-state index in [4.69, 9.17) is 5.73 Å². The SMILES string of the molecule is CCNC(=O)c1ccc(CN2CCCC2)c(N)c1. The first-order valence-corrected chi connectivity index (χ1v) is 6.59. The Balaban J connectivity index is 2.06. The van der Waals surface area contributed by atoms with Crippen molar-refractivity contribution in [3.63, 3.8) is 0 Å². The summed E-state index contributed by atoms with van der Waals surface area (Å²) < 4.78 is 0. The van der Waals surface area contributed by atoms with Crippen LogP contribution in [0.5, 0.6) is 0 Å². The average Bonchev–Trinajstić information content (AvgIpc) is 2.85. The summed E-state index contributed by atoms with van der Waals surface area (Å²) in [4.78, 5) is 14.1. The second-order valence-corrected chi connectivity index (χ2v) is 4.76. The Kier molecular flexibility index (Phi) is 4.20. The first-order chi connectivity index (χ1) is 8.70. The van der Waals surface area contributed by atoms with E-state index in [-0.39, 0.29) is 5.91 Å². The van der Waals surface area contributed by atoms with Crippen LogP contribution in [-0.4, -0.2) is 30.4 Å². The monoisotopic (exact) mass is 247 g/mol. The zero-order valence-corrected chi connectivity index (χ0v) is 10.9. The molecule has 1 saturated heterocycles.